The molecule has 1 aromatic heterocycles. The van der Waals surface area contributed by atoms with Crippen molar-refractivity contribution in [2.24, 2.45) is 0 Å². The summed E-state index contributed by atoms with van der Waals surface area (Å²) in [5.41, 5.74) is 2.66. The number of halogens is 2. The van der Waals surface area contributed by atoms with Crippen molar-refractivity contribution in [3.05, 3.63) is 77.3 Å². The van der Waals surface area contributed by atoms with Crippen LogP contribution in [0.1, 0.15) is 50.6 Å². The average molecular weight is 438 g/mol. The molecule has 0 spiro atoms. The highest BCUT2D eigenvalue weighted by atomic mass is 19.1. The molecule has 0 radical (unpaired) electrons. The fourth-order valence-electron chi connectivity index (χ4n) is 3.80. The van der Waals surface area contributed by atoms with Gasteiger partial charge in [-0.05, 0) is 55.3 Å². The van der Waals surface area contributed by atoms with Crippen molar-refractivity contribution >= 4 is 11.6 Å². The first-order valence-electron chi connectivity index (χ1n) is 10.6. The lowest BCUT2D eigenvalue weighted by atomic mass is 9.94. The highest BCUT2D eigenvalue weighted by molar-refractivity contribution is 5.86. The number of carbonyl (C=O) groups excluding carboxylic acids is 1. The number of allylic oxidation sites excluding steroid dienone is 1. The van der Waals surface area contributed by atoms with E-state index in [9.17, 15) is 13.6 Å². The van der Waals surface area contributed by atoms with E-state index in [1.807, 2.05) is 6.92 Å². The smallest absolute Gasteiger partial charge is 0.322 e. The zero-order chi connectivity index (χ0) is 22.7. The van der Waals surface area contributed by atoms with E-state index in [0.29, 0.717) is 34.8 Å². The van der Waals surface area contributed by atoms with Crippen molar-refractivity contribution in [1.82, 2.24) is 20.4 Å². The average Bonchev–Trinajstić information content (AvgIpc) is 3.26. The normalized spacial score (nSPS) is 16.4. The standard InChI is InChI=1S/C24H24F2N4O2/c1-3-4-5-14-30-15(2)20(21(27-24(30)31)16-6-10-18(25)11-7-16)23-28-22(29-32-23)17-8-12-19(26)13-9-17/h6-13,21H,3-5,14H2,1-2H3,(H,27,31). The second-order valence-electron chi connectivity index (χ2n) is 7.72. The molecule has 2 amide bonds. The van der Waals surface area contributed by atoms with E-state index in [4.69, 9.17) is 4.52 Å². The van der Waals surface area contributed by atoms with Crippen LogP contribution in [0.3, 0.4) is 0 Å². The number of nitrogens with one attached hydrogen (secondary N) is 1. The molecule has 0 aliphatic carbocycles. The van der Waals surface area contributed by atoms with Crippen molar-refractivity contribution in [3.63, 3.8) is 0 Å². The molecule has 0 saturated heterocycles. The third kappa shape index (κ3) is 4.39. The Morgan fingerprint density at radius 1 is 1.03 bits per heavy atom. The Morgan fingerprint density at radius 3 is 2.34 bits per heavy atom. The van der Waals surface area contributed by atoms with E-state index in [1.54, 1.807) is 29.2 Å². The zero-order valence-electron chi connectivity index (χ0n) is 17.9. The Labute approximate surface area is 184 Å². The van der Waals surface area contributed by atoms with Gasteiger partial charge in [-0.15, -0.1) is 0 Å². The van der Waals surface area contributed by atoms with Gasteiger partial charge >= 0.3 is 6.03 Å². The van der Waals surface area contributed by atoms with Crippen LogP contribution >= 0.6 is 0 Å². The molecule has 0 fully saturated rings. The van der Waals surface area contributed by atoms with Gasteiger partial charge < -0.3 is 9.84 Å². The van der Waals surface area contributed by atoms with Gasteiger partial charge in [0.25, 0.3) is 5.89 Å². The van der Waals surface area contributed by atoms with Gasteiger partial charge in [-0.3, -0.25) is 4.90 Å². The zero-order valence-corrected chi connectivity index (χ0v) is 17.9. The summed E-state index contributed by atoms with van der Waals surface area (Å²) < 4.78 is 32.4. The number of rotatable bonds is 7. The fourth-order valence-corrected chi connectivity index (χ4v) is 3.80. The molecule has 1 aliphatic heterocycles. The van der Waals surface area contributed by atoms with Crippen LogP contribution in [0.15, 0.2) is 58.8 Å². The maximum absolute atomic E-state index is 13.5. The maximum Gasteiger partial charge on any atom is 0.322 e. The summed E-state index contributed by atoms with van der Waals surface area (Å²) in [5, 5.41) is 7.05. The highest BCUT2D eigenvalue weighted by Gasteiger charge is 2.35. The Hall–Kier alpha value is -3.55. The van der Waals surface area contributed by atoms with Gasteiger partial charge in [-0.25, -0.2) is 13.6 Å². The molecule has 3 aromatic rings. The summed E-state index contributed by atoms with van der Waals surface area (Å²) in [5.74, 6) is -0.162. The number of nitrogens with zero attached hydrogens (tertiary/aromatic N) is 3. The second-order valence-corrected chi connectivity index (χ2v) is 7.72. The monoisotopic (exact) mass is 438 g/mol. The Morgan fingerprint density at radius 2 is 1.69 bits per heavy atom. The SMILES string of the molecule is CCCCCN1C(=O)NC(c2ccc(F)cc2)C(c2nc(-c3ccc(F)cc3)no2)=C1C. The van der Waals surface area contributed by atoms with Gasteiger partial charge in [-0.1, -0.05) is 37.1 Å². The van der Waals surface area contributed by atoms with E-state index in [-0.39, 0.29) is 23.6 Å². The number of benzene rings is 2. The molecule has 4 rings (SSSR count). The lowest BCUT2D eigenvalue weighted by Gasteiger charge is -2.35. The van der Waals surface area contributed by atoms with E-state index in [1.165, 1.54) is 24.3 Å². The molecule has 1 atom stereocenters. The van der Waals surface area contributed by atoms with Gasteiger partial charge in [0, 0.05) is 17.8 Å². The molecule has 1 aliphatic rings. The van der Waals surface area contributed by atoms with Crippen molar-refractivity contribution < 1.29 is 18.1 Å². The number of carbonyl (C=O) groups is 1. The van der Waals surface area contributed by atoms with Crippen molar-refractivity contribution in [2.45, 2.75) is 39.2 Å². The first-order valence-corrected chi connectivity index (χ1v) is 10.6. The molecule has 2 aromatic carbocycles. The summed E-state index contributed by atoms with van der Waals surface area (Å²) in [6, 6.07) is 10.9. The van der Waals surface area contributed by atoms with Crippen molar-refractivity contribution in [1.29, 1.82) is 0 Å². The molecule has 166 valence electrons. The number of hydrogen-bond acceptors (Lipinski definition) is 4. The molecule has 2 heterocycles. The van der Waals surface area contributed by atoms with Gasteiger partial charge in [0.05, 0.1) is 11.6 Å². The quantitative estimate of drug-likeness (QED) is 0.480. The molecule has 6 nitrogen and oxygen atoms in total. The van der Waals surface area contributed by atoms with E-state index < -0.39 is 6.04 Å². The van der Waals surface area contributed by atoms with Crippen molar-refractivity contribution in [2.75, 3.05) is 6.54 Å². The predicted octanol–water partition coefficient (Wildman–Crippen LogP) is 5.70. The lowest BCUT2D eigenvalue weighted by Crippen LogP contribution is -2.46. The maximum atomic E-state index is 13.5. The van der Waals surface area contributed by atoms with E-state index in [2.05, 4.69) is 22.4 Å². The minimum atomic E-state index is -0.577. The van der Waals surface area contributed by atoms with Gasteiger partial charge in [-0.2, -0.15) is 4.98 Å². The van der Waals surface area contributed by atoms with Crippen LogP contribution in [0, 0.1) is 11.6 Å². The molecule has 1 unspecified atom stereocenters. The fraction of sp³-hybridized carbons (Fsp3) is 0.292. The van der Waals surface area contributed by atoms with Gasteiger partial charge in [0.1, 0.15) is 11.6 Å². The first-order chi connectivity index (χ1) is 15.5. The van der Waals surface area contributed by atoms with Crippen LogP contribution in [-0.4, -0.2) is 27.6 Å². The van der Waals surface area contributed by atoms with Crippen molar-refractivity contribution in [3.8, 4) is 11.4 Å². The highest BCUT2D eigenvalue weighted by Crippen LogP contribution is 2.37. The molecule has 1 N–H and O–H groups in total. The number of unbranched alkanes of at least 4 members (excludes halogenated alkanes) is 2. The van der Waals surface area contributed by atoms with Crippen LogP contribution in [0.2, 0.25) is 0 Å². The number of urea groups is 1. The minimum Gasteiger partial charge on any atom is -0.334 e. The first kappa shape index (κ1) is 21.7. The molecule has 0 saturated carbocycles. The summed E-state index contributed by atoms with van der Waals surface area (Å²) >= 11 is 0. The Bertz CT molecular complexity index is 1120. The lowest BCUT2D eigenvalue weighted by molar-refractivity contribution is 0.204. The van der Waals surface area contributed by atoms with Gasteiger partial charge in [0.2, 0.25) is 5.82 Å². The topological polar surface area (TPSA) is 71.3 Å². The largest absolute Gasteiger partial charge is 0.334 e. The molecule has 0 bridgehead atoms. The van der Waals surface area contributed by atoms with Gasteiger partial charge in [0.15, 0.2) is 0 Å². The number of hydrogen-bond donors (Lipinski definition) is 1. The molecular formula is C24H24F2N4O2. The molecule has 32 heavy (non-hydrogen) atoms. The Kier molecular flexibility index (Phi) is 6.30. The molecule has 8 heteroatoms. The van der Waals surface area contributed by atoms with E-state index >= 15 is 0 Å². The second kappa shape index (κ2) is 9.30. The van der Waals surface area contributed by atoms with Crippen LogP contribution < -0.4 is 5.32 Å². The summed E-state index contributed by atoms with van der Waals surface area (Å²) in [7, 11) is 0. The van der Waals surface area contributed by atoms with Crippen LogP contribution in [-0.2, 0) is 0 Å². The minimum absolute atomic E-state index is 0.227. The van der Waals surface area contributed by atoms with Crippen LogP contribution in [0.25, 0.3) is 17.0 Å². The summed E-state index contributed by atoms with van der Waals surface area (Å²) in [6.45, 7) is 4.51. The summed E-state index contributed by atoms with van der Waals surface area (Å²) in [4.78, 5) is 19.1. The Balaban J connectivity index is 1.76. The molecular weight excluding hydrogens is 414 g/mol. The number of amides is 2. The third-order valence-electron chi connectivity index (χ3n) is 5.54. The predicted molar refractivity (Wildman–Crippen MR) is 116 cm³/mol. The summed E-state index contributed by atoms with van der Waals surface area (Å²) in [6.07, 6.45) is 2.90. The third-order valence-corrected chi connectivity index (χ3v) is 5.54. The number of aromatic nitrogens is 2. The van der Waals surface area contributed by atoms with Crippen LogP contribution in [0.4, 0.5) is 13.6 Å². The van der Waals surface area contributed by atoms with Crippen LogP contribution in [0.5, 0.6) is 0 Å². The van der Waals surface area contributed by atoms with E-state index in [0.717, 1.165) is 19.3 Å².